The van der Waals surface area contributed by atoms with Crippen molar-refractivity contribution in [3.05, 3.63) is 65.2 Å². The van der Waals surface area contributed by atoms with Crippen LogP contribution < -0.4 is 5.73 Å². The summed E-state index contributed by atoms with van der Waals surface area (Å²) >= 11 is 0. The summed E-state index contributed by atoms with van der Waals surface area (Å²) in [5.41, 5.74) is 10.5. The number of hydrogen-bond acceptors (Lipinski definition) is 1. The standard InChI is InChI=1S/C16H18N2/c1-3-13-11-15(10-9-12(13)2)18-16(17)14-7-5-4-6-8-14/h4-11H,3H2,1-2H3,(H2,17,18). The Balaban J connectivity index is 2.33. The number of nitrogens with two attached hydrogens (primary N) is 1. The molecule has 0 aromatic heterocycles. The molecule has 92 valence electrons. The Hall–Kier alpha value is -2.09. The van der Waals surface area contributed by atoms with Gasteiger partial charge in [-0.2, -0.15) is 0 Å². The number of amidine groups is 1. The average Bonchev–Trinajstić information content (AvgIpc) is 2.42. The van der Waals surface area contributed by atoms with E-state index in [2.05, 4.69) is 31.0 Å². The Bertz CT molecular complexity index is 557. The van der Waals surface area contributed by atoms with Crippen LogP contribution in [-0.4, -0.2) is 5.84 Å². The molecule has 0 amide bonds. The highest BCUT2D eigenvalue weighted by atomic mass is 14.9. The van der Waals surface area contributed by atoms with Gasteiger partial charge in [0.05, 0.1) is 5.69 Å². The zero-order valence-corrected chi connectivity index (χ0v) is 10.9. The normalized spacial score (nSPS) is 11.6. The molecule has 2 N–H and O–H groups in total. The zero-order valence-electron chi connectivity index (χ0n) is 10.9. The lowest BCUT2D eigenvalue weighted by atomic mass is 10.1. The molecule has 0 aliphatic heterocycles. The monoisotopic (exact) mass is 238 g/mol. The molecule has 0 saturated carbocycles. The average molecular weight is 238 g/mol. The van der Waals surface area contributed by atoms with Crippen LogP contribution in [0.15, 0.2) is 53.5 Å². The number of aryl methyl sites for hydroxylation is 2. The summed E-state index contributed by atoms with van der Waals surface area (Å²) in [4.78, 5) is 4.47. The van der Waals surface area contributed by atoms with Crippen molar-refractivity contribution in [2.24, 2.45) is 10.7 Å². The summed E-state index contributed by atoms with van der Waals surface area (Å²) in [7, 11) is 0. The second-order valence-corrected chi connectivity index (χ2v) is 4.33. The van der Waals surface area contributed by atoms with E-state index in [0.29, 0.717) is 5.84 Å². The van der Waals surface area contributed by atoms with Crippen LogP contribution in [-0.2, 0) is 6.42 Å². The van der Waals surface area contributed by atoms with E-state index in [1.54, 1.807) is 0 Å². The fourth-order valence-electron chi connectivity index (χ4n) is 1.92. The Morgan fingerprint density at radius 2 is 1.83 bits per heavy atom. The molecule has 0 unspecified atom stereocenters. The maximum Gasteiger partial charge on any atom is 0.131 e. The molecule has 2 aromatic rings. The van der Waals surface area contributed by atoms with Gasteiger partial charge in [0.1, 0.15) is 5.84 Å². The first-order valence-electron chi connectivity index (χ1n) is 6.20. The highest BCUT2D eigenvalue weighted by molar-refractivity contribution is 5.98. The van der Waals surface area contributed by atoms with Gasteiger partial charge >= 0.3 is 0 Å². The number of benzene rings is 2. The van der Waals surface area contributed by atoms with Gasteiger partial charge in [0.2, 0.25) is 0 Å². The third kappa shape index (κ3) is 2.77. The fourth-order valence-corrected chi connectivity index (χ4v) is 1.92. The summed E-state index contributed by atoms with van der Waals surface area (Å²) in [6.07, 6.45) is 1.01. The second-order valence-electron chi connectivity index (χ2n) is 4.33. The minimum atomic E-state index is 0.557. The van der Waals surface area contributed by atoms with E-state index in [-0.39, 0.29) is 0 Å². The van der Waals surface area contributed by atoms with Crippen molar-refractivity contribution in [3.8, 4) is 0 Å². The quantitative estimate of drug-likeness (QED) is 0.644. The lowest BCUT2D eigenvalue weighted by Gasteiger charge is -2.05. The lowest BCUT2D eigenvalue weighted by molar-refractivity contribution is 1.11. The van der Waals surface area contributed by atoms with Crippen molar-refractivity contribution in [3.63, 3.8) is 0 Å². The SMILES string of the molecule is CCc1cc(N=C(N)c2ccccc2)ccc1C. The van der Waals surface area contributed by atoms with Crippen molar-refractivity contribution < 1.29 is 0 Å². The van der Waals surface area contributed by atoms with E-state index in [4.69, 9.17) is 5.73 Å². The molecule has 0 atom stereocenters. The molecule has 0 heterocycles. The van der Waals surface area contributed by atoms with E-state index in [0.717, 1.165) is 17.7 Å². The molecule has 0 radical (unpaired) electrons. The molecule has 2 aromatic carbocycles. The maximum atomic E-state index is 6.01. The first-order valence-corrected chi connectivity index (χ1v) is 6.20. The van der Waals surface area contributed by atoms with E-state index in [1.165, 1.54) is 11.1 Å². The number of rotatable bonds is 3. The highest BCUT2D eigenvalue weighted by Crippen LogP contribution is 2.19. The van der Waals surface area contributed by atoms with Crippen LogP contribution in [0.3, 0.4) is 0 Å². The van der Waals surface area contributed by atoms with Crippen LogP contribution in [0.2, 0.25) is 0 Å². The van der Waals surface area contributed by atoms with Gasteiger partial charge in [0.15, 0.2) is 0 Å². The van der Waals surface area contributed by atoms with E-state index < -0.39 is 0 Å². The maximum absolute atomic E-state index is 6.01. The third-order valence-corrected chi connectivity index (χ3v) is 3.03. The highest BCUT2D eigenvalue weighted by Gasteiger charge is 2.00. The van der Waals surface area contributed by atoms with Gasteiger partial charge in [-0.3, -0.25) is 0 Å². The number of hydrogen-bond donors (Lipinski definition) is 1. The molecule has 0 spiro atoms. The Labute approximate surface area is 108 Å². The van der Waals surface area contributed by atoms with Crippen LogP contribution in [0, 0.1) is 6.92 Å². The molecule has 2 nitrogen and oxygen atoms in total. The molecule has 0 bridgehead atoms. The Morgan fingerprint density at radius 1 is 1.11 bits per heavy atom. The smallest absolute Gasteiger partial charge is 0.131 e. The number of aliphatic imine (C=N–C) groups is 1. The molecule has 2 rings (SSSR count). The van der Waals surface area contributed by atoms with Crippen molar-refractivity contribution in [1.82, 2.24) is 0 Å². The summed E-state index contributed by atoms with van der Waals surface area (Å²) in [5.74, 6) is 0.557. The van der Waals surface area contributed by atoms with E-state index in [1.807, 2.05) is 36.4 Å². The topological polar surface area (TPSA) is 38.4 Å². The molecule has 0 aliphatic carbocycles. The zero-order chi connectivity index (χ0) is 13.0. The fraction of sp³-hybridized carbons (Fsp3) is 0.188. The minimum Gasteiger partial charge on any atom is -0.383 e. The van der Waals surface area contributed by atoms with Crippen LogP contribution in [0.4, 0.5) is 5.69 Å². The van der Waals surface area contributed by atoms with Crippen LogP contribution in [0.5, 0.6) is 0 Å². The molecule has 0 fully saturated rings. The summed E-state index contributed by atoms with van der Waals surface area (Å²) in [6, 6.07) is 16.0. The summed E-state index contributed by atoms with van der Waals surface area (Å²) < 4.78 is 0. The van der Waals surface area contributed by atoms with Crippen LogP contribution in [0.1, 0.15) is 23.6 Å². The van der Waals surface area contributed by atoms with Crippen molar-refractivity contribution in [2.45, 2.75) is 20.3 Å². The lowest BCUT2D eigenvalue weighted by Crippen LogP contribution is -2.12. The number of nitrogens with zero attached hydrogens (tertiary/aromatic N) is 1. The predicted octanol–water partition coefficient (Wildman–Crippen LogP) is 3.59. The second kappa shape index (κ2) is 5.50. The van der Waals surface area contributed by atoms with Gasteiger partial charge in [0.25, 0.3) is 0 Å². The predicted molar refractivity (Wildman–Crippen MR) is 77.4 cm³/mol. The summed E-state index contributed by atoms with van der Waals surface area (Å²) in [5, 5.41) is 0. The van der Waals surface area contributed by atoms with E-state index >= 15 is 0 Å². The van der Waals surface area contributed by atoms with Crippen molar-refractivity contribution in [2.75, 3.05) is 0 Å². The van der Waals surface area contributed by atoms with Crippen molar-refractivity contribution in [1.29, 1.82) is 0 Å². The Morgan fingerprint density at radius 3 is 2.50 bits per heavy atom. The van der Waals surface area contributed by atoms with Gasteiger partial charge < -0.3 is 5.73 Å². The molecular formula is C16H18N2. The first kappa shape index (κ1) is 12.4. The minimum absolute atomic E-state index is 0.557. The summed E-state index contributed by atoms with van der Waals surface area (Å²) in [6.45, 7) is 4.27. The molecule has 2 heteroatoms. The van der Waals surface area contributed by atoms with Gasteiger partial charge in [-0.25, -0.2) is 4.99 Å². The van der Waals surface area contributed by atoms with Gasteiger partial charge in [-0.15, -0.1) is 0 Å². The van der Waals surface area contributed by atoms with Crippen molar-refractivity contribution >= 4 is 11.5 Å². The van der Waals surface area contributed by atoms with Gasteiger partial charge in [-0.05, 0) is 36.6 Å². The van der Waals surface area contributed by atoms with Crippen LogP contribution >= 0.6 is 0 Å². The van der Waals surface area contributed by atoms with Crippen LogP contribution in [0.25, 0.3) is 0 Å². The largest absolute Gasteiger partial charge is 0.383 e. The molecule has 0 saturated heterocycles. The van der Waals surface area contributed by atoms with Gasteiger partial charge in [0, 0.05) is 5.56 Å². The van der Waals surface area contributed by atoms with Gasteiger partial charge in [-0.1, -0.05) is 43.3 Å². The Kier molecular flexibility index (Phi) is 3.78. The van der Waals surface area contributed by atoms with E-state index in [9.17, 15) is 0 Å². The first-order chi connectivity index (χ1) is 8.70. The molecule has 0 aliphatic rings. The molecule has 18 heavy (non-hydrogen) atoms. The third-order valence-electron chi connectivity index (χ3n) is 3.03. The molecular weight excluding hydrogens is 220 g/mol.